The molecule has 0 amide bonds. The molecule has 0 aliphatic rings. The van der Waals surface area contributed by atoms with Gasteiger partial charge in [0.1, 0.15) is 0 Å². The molecule has 0 fully saturated rings. The second-order valence-electron chi connectivity index (χ2n) is 11.2. The molecule has 2 N–H and O–H groups in total. The molecule has 0 spiro atoms. The molecule has 0 bridgehead atoms. The van der Waals surface area contributed by atoms with E-state index in [0.29, 0.717) is 0 Å². The first-order chi connectivity index (χ1) is 22.1. The number of rotatable bonds is 7. The number of phenolic OH excluding ortho intramolecular Hbond substituents is 2. The van der Waals surface area contributed by atoms with Crippen LogP contribution in [0.3, 0.4) is 0 Å². The van der Waals surface area contributed by atoms with Gasteiger partial charge in [-0.2, -0.15) is 0 Å². The van der Waals surface area contributed by atoms with Crippen LogP contribution in [0, 0.1) is 0 Å². The van der Waals surface area contributed by atoms with Gasteiger partial charge in [0.15, 0.2) is 0 Å². The summed E-state index contributed by atoms with van der Waals surface area (Å²) in [4.78, 5) is 0. The molecule has 0 aliphatic heterocycles. The van der Waals surface area contributed by atoms with Crippen LogP contribution in [0.25, 0.3) is 22.3 Å². The predicted molar refractivity (Wildman–Crippen MR) is 192 cm³/mol. The zero-order valence-corrected chi connectivity index (χ0v) is 25.6. The Balaban J connectivity index is 1.84. The van der Waals surface area contributed by atoms with E-state index in [2.05, 4.69) is 127 Å². The van der Waals surface area contributed by atoms with Gasteiger partial charge in [0.05, 0.1) is 0 Å². The third kappa shape index (κ3) is 4.30. The van der Waals surface area contributed by atoms with Gasteiger partial charge in [0.25, 0.3) is 0 Å². The number of phenols is 2. The average molecular weight is 601 g/mol. The van der Waals surface area contributed by atoms with Crippen molar-refractivity contribution in [2.75, 3.05) is 0 Å². The minimum absolute atomic E-state index is 0.191. The summed E-state index contributed by atoms with van der Waals surface area (Å²) in [5.74, 6) is 0.392. The molecule has 2 nitrogen and oxygen atoms in total. The fourth-order valence-corrected chi connectivity index (χ4v) is 14.2. The van der Waals surface area contributed by atoms with Gasteiger partial charge >= 0.3 is 265 Å². The van der Waals surface area contributed by atoms with Crippen molar-refractivity contribution < 1.29 is 10.2 Å². The van der Waals surface area contributed by atoms with Crippen LogP contribution in [0.2, 0.25) is 0 Å². The molecule has 0 atom stereocenters. The first-order valence-corrected chi connectivity index (χ1v) is 17.3. The Hall–Kier alpha value is -5.43. The maximum atomic E-state index is 11.8. The van der Waals surface area contributed by atoms with Crippen molar-refractivity contribution in [1.29, 1.82) is 0 Å². The molecule has 45 heavy (non-hydrogen) atoms. The Bertz CT molecular complexity index is 1870. The van der Waals surface area contributed by atoms with Crippen LogP contribution in [0.5, 0.6) is 11.5 Å². The second kappa shape index (κ2) is 11.6. The summed E-state index contributed by atoms with van der Waals surface area (Å²) in [7, 11) is 0. The summed E-state index contributed by atoms with van der Waals surface area (Å²) in [5.41, 5.74) is 3.51. The summed E-state index contributed by atoms with van der Waals surface area (Å²) in [6.07, 6.45) is 0. The van der Waals surface area contributed by atoms with Gasteiger partial charge in [0, 0.05) is 0 Å². The number of hydrogen-bond acceptors (Lipinski definition) is 2. The van der Waals surface area contributed by atoms with Crippen molar-refractivity contribution in [2.24, 2.45) is 0 Å². The molecule has 0 heterocycles. The third-order valence-corrected chi connectivity index (χ3v) is 15.6. The molecule has 7 aromatic carbocycles. The minimum atomic E-state index is -3.88. The molecular formula is C42H33O2P. The summed E-state index contributed by atoms with van der Waals surface area (Å²) in [5, 5.41) is 28.1. The Morgan fingerprint density at radius 1 is 0.311 bits per heavy atom. The van der Waals surface area contributed by atoms with Crippen molar-refractivity contribution in [3.63, 3.8) is 0 Å². The molecule has 0 aliphatic carbocycles. The van der Waals surface area contributed by atoms with E-state index in [4.69, 9.17) is 0 Å². The fraction of sp³-hybridized carbons (Fsp3) is 0. The monoisotopic (exact) mass is 600 g/mol. The van der Waals surface area contributed by atoms with Crippen LogP contribution >= 0.6 is 6.60 Å². The molecule has 0 unspecified atom stereocenters. The van der Waals surface area contributed by atoms with Crippen molar-refractivity contribution in [3.8, 4) is 33.8 Å². The molecule has 7 rings (SSSR count). The Kier molecular flexibility index (Phi) is 7.29. The number of aromatic hydroxyl groups is 2. The first-order valence-electron chi connectivity index (χ1n) is 15.1. The van der Waals surface area contributed by atoms with Gasteiger partial charge in [-0.25, -0.2) is 0 Å². The van der Waals surface area contributed by atoms with E-state index in [9.17, 15) is 10.2 Å². The number of benzene rings is 7. The van der Waals surface area contributed by atoms with Gasteiger partial charge in [-0.1, -0.05) is 0 Å². The Morgan fingerprint density at radius 3 is 1.07 bits per heavy atom. The average Bonchev–Trinajstić information content (AvgIpc) is 3.12. The topological polar surface area (TPSA) is 40.5 Å². The molecule has 0 radical (unpaired) electrons. The quantitative estimate of drug-likeness (QED) is 0.183. The Morgan fingerprint density at radius 2 is 0.667 bits per heavy atom. The summed E-state index contributed by atoms with van der Waals surface area (Å²) >= 11 is 0. The molecule has 0 aromatic heterocycles. The molecule has 0 saturated heterocycles. The first kappa shape index (κ1) is 28.3. The van der Waals surface area contributed by atoms with Gasteiger partial charge in [0.2, 0.25) is 0 Å². The summed E-state index contributed by atoms with van der Waals surface area (Å²) in [6.45, 7) is -3.88. The van der Waals surface area contributed by atoms with Crippen LogP contribution in [0.4, 0.5) is 0 Å². The van der Waals surface area contributed by atoms with Crippen LogP contribution in [-0.2, 0) is 0 Å². The molecular weight excluding hydrogens is 567 g/mol. The molecule has 218 valence electrons. The van der Waals surface area contributed by atoms with Crippen LogP contribution in [0.1, 0.15) is 0 Å². The van der Waals surface area contributed by atoms with E-state index in [0.717, 1.165) is 27.6 Å². The zero-order valence-electron chi connectivity index (χ0n) is 24.7. The summed E-state index contributed by atoms with van der Waals surface area (Å²) in [6, 6.07) is 64.9. The van der Waals surface area contributed by atoms with Gasteiger partial charge in [-0.05, 0) is 0 Å². The van der Waals surface area contributed by atoms with Crippen molar-refractivity contribution in [3.05, 3.63) is 188 Å². The van der Waals surface area contributed by atoms with E-state index < -0.39 is 6.60 Å². The van der Waals surface area contributed by atoms with Gasteiger partial charge < -0.3 is 0 Å². The van der Waals surface area contributed by atoms with E-state index in [-0.39, 0.29) is 11.5 Å². The van der Waals surface area contributed by atoms with Crippen LogP contribution < -0.4 is 26.5 Å². The standard InChI is InChI=1S/C42H33O2P/c43-34-28-26-33(27-29-34)42-40(31-30-39(44)41(42)32-16-6-1-7-17-32)45(35-18-8-2-9-19-35,36-20-10-3-11-21-36,37-22-12-4-13-23-37)38-24-14-5-15-25-38/h1-31,43-44H. The predicted octanol–water partition coefficient (Wildman–Crippen LogP) is 7.91. The van der Waals surface area contributed by atoms with Gasteiger partial charge in [-0.3, -0.25) is 0 Å². The molecule has 3 heteroatoms. The maximum absolute atomic E-state index is 11.8. The van der Waals surface area contributed by atoms with E-state index in [1.807, 2.05) is 48.5 Å². The van der Waals surface area contributed by atoms with Crippen LogP contribution in [-0.4, -0.2) is 10.2 Å². The van der Waals surface area contributed by atoms with Crippen LogP contribution in [0.15, 0.2) is 188 Å². The molecule has 0 saturated carbocycles. The van der Waals surface area contributed by atoms with Crippen molar-refractivity contribution in [2.45, 2.75) is 0 Å². The van der Waals surface area contributed by atoms with E-state index in [1.165, 1.54) is 21.2 Å². The Labute approximate surface area is 264 Å². The van der Waals surface area contributed by atoms with E-state index in [1.54, 1.807) is 12.1 Å². The zero-order chi connectivity index (χ0) is 30.7. The fourth-order valence-electron chi connectivity index (χ4n) is 7.13. The third-order valence-electron chi connectivity index (χ3n) is 8.95. The van der Waals surface area contributed by atoms with E-state index >= 15 is 0 Å². The van der Waals surface area contributed by atoms with Gasteiger partial charge in [-0.15, -0.1) is 0 Å². The summed E-state index contributed by atoms with van der Waals surface area (Å²) < 4.78 is 0. The SMILES string of the molecule is Oc1ccc(-c2c(P(c3ccccc3)(c3ccccc3)(c3ccccc3)c3ccccc3)ccc(O)c2-c2ccccc2)cc1. The number of hydrogen-bond donors (Lipinski definition) is 2. The molecule has 7 aromatic rings. The normalized spacial score (nSPS) is 12.2. The van der Waals surface area contributed by atoms with Crippen molar-refractivity contribution >= 4 is 33.1 Å². The second-order valence-corrected chi connectivity index (χ2v) is 16.0. The van der Waals surface area contributed by atoms with Crippen molar-refractivity contribution in [1.82, 2.24) is 0 Å².